The summed E-state index contributed by atoms with van der Waals surface area (Å²) in [6.45, 7) is 5.00. The van der Waals surface area contributed by atoms with Gasteiger partial charge in [-0.25, -0.2) is 14.8 Å². The number of ether oxygens (including phenoxy) is 2. The molecule has 2 aromatic heterocycles. The van der Waals surface area contributed by atoms with Crippen LogP contribution in [0, 0.1) is 13.8 Å². The van der Waals surface area contributed by atoms with Gasteiger partial charge in [0.05, 0.1) is 5.75 Å². The molecule has 0 atom stereocenters. The van der Waals surface area contributed by atoms with E-state index in [1.165, 1.54) is 23.0 Å². The Labute approximate surface area is 175 Å². The summed E-state index contributed by atoms with van der Waals surface area (Å²) in [6, 6.07) is 4.45. The quantitative estimate of drug-likeness (QED) is 0.482. The van der Waals surface area contributed by atoms with Crippen molar-refractivity contribution in [3.63, 3.8) is 0 Å². The molecule has 0 spiro atoms. The molecule has 0 fully saturated rings. The Morgan fingerprint density at radius 2 is 1.97 bits per heavy atom. The normalized spacial score (nSPS) is 12.6. The van der Waals surface area contributed by atoms with E-state index in [9.17, 15) is 9.59 Å². The summed E-state index contributed by atoms with van der Waals surface area (Å²) >= 11 is 2.88. The molecular weight excluding hydrogens is 412 g/mol. The largest absolute Gasteiger partial charge is 0.486 e. The molecule has 4 rings (SSSR count). The van der Waals surface area contributed by atoms with Crippen LogP contribution >= 0.6 is 23.1 Å². The summed E-state index contributed by atoms with van der Waals surface area (Å²) in [5.74, 6) is 0.839. The first-order valence-corrected chi connectivity index (χ1v) is 10.7. The highest BCUT2D eigenvalue weighted by Crippen LogP contribution is 2.34. The molecule has 0 saturated heterocycles. The van der Waals surface area contributed by atoms with Gasteiger partial charge in [-0.05, 0) is 31.5 Å². The summed E-state index contributed by atoms with van der Waals surface area (Å²) < 4.78 is 10.9. The number of urea groups is 1. The van der Waals surface area contributed by atoms with E-state index in [-0.39, 0.29) is 5.75 Å². The number of thiophene rings is 1. The number of fused-ring (bicyclic) bond motifs is 2. The number of nitrogens with zero attached hydrogens (tertiary/aromatic N) is 2. The zero-order valence-corrected chi connectivity index (χ0v) is 17.4. The molecule has 2 N–H and O–H groups in total. The Morgan fingerprint density at radius 3 is 2.79 bits per heavy atom. The third-order valence-electron chi connectivity index (χ3n) is 4.32. The highest BCUT2D eigenvalue weighted by atomic mass is 32.2. The lowest BCUT2D eigenvalue weighted by atomic mass is 10.2. The number of nitrogens with one attached hydrogen (secondary N) is 2. The number of carbonyl (C=O) groups excluding carboxylic acids is 2. The van der Waals surface area contributed by atoms with Crippen LogP contribution in [0.4, 0.5) is 10.5 Å². The fourth-order valence-corrected chi connectivity index (χ4v) is 4.76. The molecule has 0 bridgehead atoms. The lowest BCUT2D eigenvalue weighted by molar-refractivity contribution is -0.117. The summed E-state index contributed by atoms with van der Waals surface area (Å²) in [4.78, 5) is 35.0. The third kappa shape index (κ3) is 4.28. The van der Waals surface area contributed by atoms with Crippen LogP contribution in [0.25, 0.3) is 10.2 Å². The Bertz CT molecular complexity index is 1100. The zero-order chi connectivity index (χ0) is 20.4. The van der Waals surface area contributed by atoms with Gasteiger partial charge in [0.1, 0.15) is 29.4 Å². The molecule has 1 aliphatic heterocycles. The van der Waals surface area contributed by atoms with Gasteiger partial charge in [0, 0.05) is 22.0 Å². The number of rotatable bonds is 4. The average Bonchev–Trinajstić information content (AvgIpc) is 3.00. The van der Waals surface area contributed by atoms with Crippen molar-refractivity contribution in [1.29, 1.82) is 0 Å². The van der Waals surface area contributed by atoms with Crippen LogP contribution in [0.5, 0.6) is 11.5 Å². The molecule has 1 aliphatic rings. The van der Waals surface area contributed by atoms with Crippen LogP contribution in [0.15, 0.2) is 29.6 Å². The van der Waals surface area contributed by atoms with Crippen molar-refractivity contribution >= 4 is 50.9 Å². The number of aryl methyl sites for hydroxylation is 2. The molecule has 8 nitrogen and oxygen atoms in total. The number of carbonyl (C=O) groups is 2. The number of hydrogen-bond donors (Lipinski definition) is 2. The molecule has 10 heteroatoms. The fraction of sp³-hybridized carbons (Fsp3) is 0.263. The topological polar surface area (TPSA) is 102 Å². The molecule has 0 saturated carbocycles. The number of aromatic nitrogens is 2. The summed E-state index contributed by atoms with van der Waals surface area (Å²) in [5.41, 5.74) is 1.62. The molecule has 1 aromatic carbocycles. The van der Waals surface area contributed by atoms with E-state index in [0.717, 1.165) is 20.8 Å². The number of imide groups is 1. The van der Waals surface area contributed by atoms with E-state index in [0.29, 0.717) is 30.4 Å². The van der Waals surface area contributed by atoms with Crippen LogP contribution in [0.2, 0.25) is 0 Å². The highest BCUT2D eigenvalue weighted by Gasteiger charge is 2.16. The van der Waals surface area contributed by atoms with Gasteiger partial charge < -0.3 is 14.8 Å². The van der Waals surface area contributed by atoms with E-state index in [1.807, 2.05) is 13.8 Å². The van der Waals surface area contributed by atoms with Crippen molar-refractivity contribution in [2.75, 3.05) is 24.3 Å². The Morgan fingerprint density at radius 1 is 1.17 bits per heavy atom. The van der Waals surface area contributed by atoms with Crippen molar-refractivity contribution in [1.82, 2.24) is 15.3 Å². The minimum absolute atomic E-state index is 0.0645. The molecule has 3 aromatic rings. The zero-order valence-electron chi connectivity index (χ0n) is 15.8. The van der Waals surface area contributed by atoms with E-state index in [1.54, 1.807) is 29.5 Å². The third-order valence-corrected chi connectivity index (χ3v) is 6.43. The second-order valence-corrected chi connectivity index (χ2v) is 8.46. The van der Waals surface area contributed by atoms with Crippen LogP contribution in [0.3, 0.4) is 0 Å². The van der Waals surface area contributed by atoms with E-state index >= 15 is 0 Å². The van der Waals surface area contributed by atoms with Gasteiger partial charge in [-0.1, -0.05) is 11.8 Å². The lowest BCUT2D eigenvalue weighted by Crippen LogP contribution is -2.35. The van der Waals surface area contributed by atoms with Crippen LogP contribution < -0.4 is 20.1 Å². The van der Waals surface area contributed by atoms with E-state index < -0.39 is 11.9 Å². The fourth-order valence-electron chi connectivity index (χ4n) is 2.84. The maximum Gasteiger partial charge on any atom is 0.325 e. The van der Waals surface area contributed by atoms with Crippen molar-refractivity contribution in [2.45, 2.75) is 18.9 Å². The monoisotopic (exact) mass is 430 g/mol. The number of thioether (sulfide) groups is 1. The second kappa shape index (κ2) is 8.26. The molecular formula is C19H18N4O4S2. The van der Waals surface area contributed by atoms with Gasteiger partial charge in [-0.3, -0.25) is 10.1 Å². The molecule has 0 unspecified atom stereocenters. The number of benzene rings is 1. The SMILES string of the molecule is Cc1sc2ncnc(SCC(=O)NC(=O)Nc3ccc4c(c3)OCCO4)c2c1C. The van der Waals surface area contributed by atoms with Gasteiger partial charge in [0.2, 0.25) is 5.91 Å². The van der Waals surface area contributed by atoms with Crippen molar-refractivity contribution in [3.05, 3.63) is 35.0 Å². The summed E-state index contributed by atoms with van der Waals surface area (Å²) in [7, 11) is 0. The maximum absolute atomic E-state index is 12.2. The highest BCUT2D eigenvalue weighted by molar-refractivity contribution is 8.00. The molecule has 0 aliphatic carbocycles. The van der Waals surface area contributed by atoms with Gasteiger partial charge in [0.15, 0.2) is 11.5 Å². The first kappa shape index (κ1) is 19.5. The predicted molar refractivity (Wildman–Crippen MR) is 112 cm³/mol. The second-order valence-electron chi connectivity index (χ2n) is 6.29. The average molecular weight is 431 g/mol. The van der Waals surface area contributed by atoms with Crippen molar-refractivity contribution in [3.8, 4) is 11.5 Å². The molecule has 29 heavy (non-hydrogen) atoms. The maximum atomic E-state index is 12.2. The number of amides is 3. The molecule has 3 heterocycles. The first-order chi connectivity index (χ1) is 14.0. The Hall–Kier alpha value is -2.85. The summed E-state index contributed by atoms with van der Waals surface area (Å²) in [6.07, 6.45) is 1.49. The molecule has 150 valence electrons. The van der Waals surface area contributed by atoms with E-state index in [2.05, 4.69) is 20.6 Å². The smallest absolute Gasteiger partial charge is 0.325 e. The van der Waals surface area contributed by atoms with Crippen molar-refractivity contribution < 1.29 is 19.1 Å². The predicted octanol–water partition coefficient (Wildman–Crippen LogP) is 3.52. The number of hydrogen-bond acceptors (Lipinski definition) is 8. The van der Waals surface area contributed by atoms with Crippen LogP contribution in [-0.2, 0) is 4.79 Å². The van der Waals surface area contributed by atoms with Crippen LogP contribution in [0.1, 0.15) is 10.4 Å². The van der Waals surface area contributed by atoms with Crippen LogP contribution in [-0.4, -0.2) is 40.9 Å². The van der Waals surface area contributed by atoms with Gasteiger partial charge in [0.25, 0.3) is 0 Å². The Balaban J connectivity index is 1.35. The molecule has 0 radical (unpaired) electrons. The minimum Gasteiger partial charge on any atom is -0.486 e. The van der Waals surface area contributed by atoms with Gasteiger partial charge in [-0.15, -0.1) is 11.3 Å². The van der Waals surface area contributed by atoms with Crippen molar-refractivity contribution in [2.24, 2.45) is 0 Å². The van der Waals surface area contributed by atoms with E-state index in [4.69, 9.17) is 9.47 Å². The molecule has 3 amide bonds. The lowest BCUT2D eigenvalue weighted by Gasteiger charge is -2.19. The number of anilines is 1. The Kier molecular flexibility index (Phi) is 5.54. The summed E-state index contributed by atoms with van der Waals surface area (Å²) in [5, 5.41) is 6.65. The first-order valence-electron chi connectivity index (χ1n) is 8.85. The minimum atomic E-state index is -0.609. The van der Waals surface area contributed by atoms with Gasteiger partial charge in [-0.2, -0.15) is 0 Å². The standard InChI is InChI=1S/C19H18N4O4S2/c1-10-11(2)29-18-16(10)17(20-9-21-18)28-8-15(24)23-19(25)22-12-3-4-13-14(7-12)27-6-5-26-13/h3-4,7,9H,5-6,8H2,1-2H3,(H2,22,23,24,25). The van der Waals surface area contributed by atoms with Gasteiger partial charge >= 0.3 is 6.03 Å².